The number of anilines is 2. The Morgan fingerprint density at radius 1 is 1.20 bits per heavy atom. The molecule has 0 saturated carbocycles. The van der Waals surface area contributed by atoms with E-state index in [4.69, 9.17) is 16.0 Å². The number of aromatic nitrogens is 1. The summed E-state index contributed by atoms with van der Waals surface area (Å²) in [4.78, 5) is 42.6. The molecule has 2 aromatic carbocycles. The van der Waals surface area contributed by atoms with Crippen LogP contribution in [0.2, 0.25) is 5.02 Å². The quantitative estimate of drug-likeness (QED) is 0.611. The van der Waals surface area contributed by atoms with Crippen LogP contribution in [0.5, 0.6) is 0 Å². The summed E-state index contributed by atoms with van der Waals surface area (Å²) >= 11 is 6.25. The lowest BCUT2D eigenvalue weighted by molar-refractivity contribution is -0.143. The predicted molar refractivity (Wildman–Crippen MR) is 115 cm³/mol. The van der Waals surface area contributed by atoms with Gasteiger partial charge in [0.05, 0.1) is 5.52 Å². The third kappa shape index (κ3) is 3.91. The summed E-state index contributed by atoms with van der Waals surface area (Å²) in [6, 6.07) is 10.6. The highest BCUT2D eigenvalue weighted by Crippen LogP contribution is 2.26. The second-order valence-corrected chi connectivity index (χ2v) is 7.81. The number of oxazole rings is 1. The normalized spacial score (nSPS) is 16.7. The fraction of sp³-hybridized carbons (Fsp3) is 0.286. The van der Waals surface area contributed by atoms with Gasteiger partial charge in [-0.15, -0.1) is 0 Å². The Bertz CT molecular complexity index is 1190. The second kappa shape index (κ2) is 7.87. The Kier molecular flexibility index (Phi) is 5.26. The average Bonchev–Trinajstić information content (AvgIpc) is 3.08. The number of halogens is 1. The van der Waals surface area contributed by atoms with Crippen LogP contribution < -0.4 is 16.0 Å². The fourth-order valence-corrected chi connectivity index (χ4v) is 3.81. The molecule has 156 valence electrons. The van der Waals surface area contributed by atoms with Crippen LogP contribution >= 0.6 is 11.6 Å². The standard InChI is InChI=1S/C21H21ClN4O4/c1-12-3-5-15(10-16(12)22)26-8-7-25(11-13(26)2)20(28)19(27)23-14-4-6-17-18(9-14)30-21(29)24-17/h3-6,9-10,13H,7-8,11H2,1-2H3,(H,23,27)(H,24,29)/t13-/m1/s1. The van der Waals surface area contributed by atoms with Crippen molar-refractivity contribution in [2.24, 2.45) is 0 Å². The van der Waals surface area contributed by atoms with Crippen molar-refractivity contribution in [2.75, 3.05) is 29.9 Å². The van der Waals surface area contributed by atoms with Gasteiger partial charge in [0.25, 0.3) is 0 Å². The number of aryl methyl sites for hydroxylation is 1. The van der Waals surface area contributed by atoms with E-state index in [0.29, 0.717) is 41.4 Å². The van der Waals surface area contributed by atoms with Gasteiger partial charge < -0.3 is 19.5 Å². The first-order valence-corrected chi connectivity index (χ1v) is 9.95. The summed E-state index contributed by atoms with van der Waals surface area (Å²) in [5.41, 5.74) is 3.21. The van der Waals surface area contributed by atoms with Crippen molar-refractivity contribution >= 4 is 45.9 Å². The number of carbonyl (C=O) groups is 2. The maximum atomic E-state index is 12.7. The third-order valence-corrected chi connectivity index (χ3v) is 5.68. The Hall–Kier alpha value is -3.26. The zero-order chi connectivity index (χ0) is 21.4. The van der Waals surface area contributed by atoms with E-state index in [-0.39, 0.29) is 6.04 Å². The average molecular weight is 429 g/mol. The Balaban J connectivity index is 1.41. The fourth-order valence-electron chi connectivity index (χ4n) is 3.64. The largest absolute Gasteiger partial charge is 0.417 e. The predicted octanol–water partition coefficient (Wildman–Crippen LogP) is 2.76. The van der Waals surface area contributed by atoms with E-state index < -0.39 is 17.6 Å². The van der Waals surface area contributed by atoms with Crippen LogP contribution in [0.25, 0.3) is 11.1 Å². The molecule has 2 amide bonds. The first-order chi connectivity index (χ1) is 14.3. The lowest BCUT2D eigenvalue weighted by Crippen LogP contribution is -2.55. The van der Waals surface area contributed by atoms with Crippen LogP contribution in [-0.4, -0.2) is 47.4 Å². The molecular formula is C21H21ClN4O4. The first-order valence-electron chi connectivity index (χ1n) is 9.58. The van der Waals surface area contributed by atoms with Crippen molar-refractivity contribution in [3.63, 3.8) is 0 Å². The number of hydrogen-bond acceptors (Lipinski definition) is 5. The number of fused-ring (bicyclic) bond motifs is 1. The van der Waals surface area contributed by atoms with Crippen LogP contribution in [0.3, 0.4) is 0 Å². The summed E-state index contributed by atoms with van der Waals surface area (Å²) in [6.07, 6.45) is 0. The molecule has 2 N–H and O–H groups in total. The van der Waals surface area contributed by atoms with Crippen molar-refractivity contribution in [3.8, 4) is 0 Å². The molecular weight excluding hydrogens is 408 g/mol. The minimum atomic E-state index is -0.730. The van der Waals surface area contributed by atoms with Crippen molar-refractivity contribution in [1.82, 2.24) is 9.88 Å². The highest BCUT2D eigenvalue weighted by molar-refractivity contribution is 6.39. The zero-order valence-electron chi connectivity index (χ0n) is 16.6. The van der Waals surface area contributed by atoms with Gasteiger partial charge in [0, 0.05) is 48.1 Å². The van der Waals surface area contributed by atoms with Crippen molar-refractivity contribution < 1.29 is 14.0 Å². The second-order valence-electron chi connectivity index (χ2n) is 7.41. The van der Waals surface area contributed by atoms with Gasteiger partial charge >= 0.3 is 17.6 Å². The molecule has 8 nitrogen and oxygen atoms in total. The Morgan fingerprint density at radius 3 is 2.73 bits per heavy atom. The molecule has 1 aliphatic rings. The van der Waals surface area contributed by atoms with Gasteiger partial charge in [0.15, 0.2) is 5.58 Å². The van der Waals surface area contributed by atoms with Gasteiger partial charge in [-0.3, -0.25) is 14.6 Å². The van der Waals surface area contributed by atoms with Gasteiger partial charge in [-0.2, -0.15) is 0 Å². The molecule has 1 fully saturated rings. The molecule has 2 heterocycles. The molecule has 3 aromatic rings. The highest BCUT2D eigenvalue weighted by atomic mass is 35.5. The molecule has 0 bridgehead atoms. The van der Waals surface area contributed by atoms with Crippen LogP contribution in [0, 0.1) is 6.92 Å². The van der Waals surface area contributed by atoms with Crippen LogP contribution in [0.4, 0.5) is 11.4 Å². The van der Waals surface area contributed by atoms with E-state index in [1.807, 2.05) is 32.0 Å². The van der Waals surface area contributed by atoms with Gasteiger partial charge in [0.1, 0.15) is 0 Å². The first kappa shape index (κ1) is 20.0. The minimum absolute atomic E-state index is 0.0276. The van der Waals surface area contributed by atoms with Crippen LogP contribution in [-0.2, 0) is 9.59 Å². The highest BCUT2D eigenvalue weighted by Gasteiger charge is 2.30. The van der Waals surface area contributed by atoms with Gasteiger partial charge in [0.2, 0.25) is 0 Å². The van der Waals surface area contributed by atoms with Gasteiger partial charge in [-0.05, 0) is 43.7 Å². The number of amides is 2. The van der Waals surface area contributed by atoms with Gasteiger partial charge in [-0.25, -0.2) is 4.79 Å². The number of benzene rings is 2. The summed E-state index contributed by atoms with van der Waals surface area (Å²) < 4.78 is 4.98. The van der Waals surface area contributed by atoms with E-state index in [1.54, 1.807) is 17.0 Å². The van der Waals surface area contributed by atoms with Crippen LogP contribution in [0.1, 0.15) is 12.5 Å². The van der Waals surface area contributed by atoms with Crippen molar-refractivity contribution in [2.45, 2.75) is 19.9 Å². The zero-order valence-corrected chi connectivity index (χ0v) is 17.3. The molecule has 1 saturated heterocycles. The number of carbonyl (C=O) groups excluding carboxylic acids is 2. The number of H-pyrrole nitrogens is 1. The molecule has 4 rings (SSSR count). The molecule has 1 aliphatic heterocycles. The van der Waals surface area contributed by atoms with E-state index in [0.717, 1.165) is 11.3 Å². The lowest BCUT2D eigenvalue weighted by atomic mass is 10.1. The van der Waals surface area contributed by atoms with E-state index in [1.165, 1.54) is 6.07 Å². The topological polar surface area (TPSA) is 98.6 Å². The van der Waals surface area contributed by atoms with Crippen LogP contribution in [0.15, 0.2) is 45.6 Å². The number of nitrogens with zero attached hydrogens (tertiary/aromatic N) is 2. The molecule has 30 heavy (non-hydrogen) atoms. The number of nitrogens with one attached hydrogen (secondary N) is 2. The summed E-state index contributed by atoms with van der Waals surface area (Å²) in [6.45, 7) is 5.40. The third-order valence-electron chi connectivity index (χ3n) is 5.27. The summed E-state index contributed by atoms with van der Waals surface area (Å²) in [5, 5.41) is 3.28. The lowest BCUT2D eigenvalue weighted by Gasteiger charge is -2.41. The number of hydrogen-bond donors (Lipinski definition) is 2. The smallest absolute Gasteiger partial charge is 0.408 e. The Labute approximate surface area is 177 Å². The maximum absolute atomic E-state index is 12.7. The number of aromatic amines is 1. The SMILES string of the molecule is Cc1ccc(N2CCN(C(=O)C(=O)Nc3ccc4[nH]c(=O)oc4c3)C[C@H]2C)cc1Cl. The van der Waals surface area contributed by atoms with E-state index in [9.17, 15) is 14.4 Å². The molecule has 9 heteroatoms. The van der Waals surface area contributed by atoms with Gasteiger partial charge in [-0.1, -0.05) is 17.7 Å². The van der Waals surface area contributed by atoms with E-state index in [2.05, 4.69) is 15.2 Å². The molecule has 0 radical (unpaired) electrons. The minimum Gasteiger partial charge on any atom is -0.408 e. The molecule has 1 aromatic heterocycles. The van der Waals surface area contributed by atoms with Crippen molar-refractivity contribution in [1.29, 1.82) is 0 Å². The molecule has 0 unspecified atom stereocenters. The molecule has 0 aliphatic carbocycles. The Morgan fingerprint density at radius 2 is 2.00 bits per heavy atom. The number of rotatable bonds is 2. The monoisotopic (exact) mass is 428 g/mol. The summed E-state index contributed by atoms with van der Waals surface area (Å²) in [5.74, 6) is -1.91. The van der Waals surface area contributed by atoms with Crippen molar-refractivity contribution in [3.05, 3.63) is 57.5 Å². The maximum Gasteiger partial charge on any atom is 0.417 e. The molecule has 0 spiro atoms. The van der Waals surface area contributed by atoms with E-state index >= 15 is 0 Å². The number of piperazine rings is 1. The molecule has 1 atom stereocenters. The summed E-state index contributed by atoms with van der Waals surface area (Å²) in [7, 11) is 0.